The van der Waals surface area contributed by atoms with E-state index in [0.29, 0.717) is 12.4 Å². The molecule has 0 bridgehead atoms. The fourth-order valence-electron chi connectivity index (χ4n) is 2.60. The zero-order chi connectivity index (χ0) is 13.2. The number of benzene rings is 1. The molecule has 1 aromatic heterocycles. The van der Waals surface area contributed by atoms with E-state index in [-0.39, 0.29) is 11.9 Å². The highest BCUT2D eigenvalue weighted by atomic mass is 19.1. The first-order valence-corrected chi connectivity index (χ1v) is 6.71. The van der Waals surface area contributed by atoms with E-state index in [0.717, 1.165) is 30.6 Å². The largest absolute Gasteiger partial charge is 0.444 e. The average Bonchev–Trinajstić information content (AvgIpc) is 3.02. The molecule has 1 N–H and O–H groups in total. The zero-order valence-electron chi connectivity index (χ0n) is 10.9. The second-order valence-electron chi connectivity index (χ2n) is 4.89. The van der Waals surface area contributed by atoms with Crippen molar-refractivity contribution >= 4 is 0 Å². The van der Waals surface area contributed by atoms with Gasteiger partial charge in [0.1, 0.15) is 11.6 Å². The first kappa shape index (κ1) is 12.4. The van der Waals surface area contributed by atoms with Gasteiger partial charge in [0.15, 0.2) is 0 Å². The molecule has 0 fully saturated rings. The first-order chi connectivity index (χ1) is 9.26. The molecule has 1 aliphatic carbocycles. The molecule has 0 amide bonds. The van der Waals surface area contributed by atoms with Crippen LogP contribution < -0.4 is 5.32 Å². The highest BCUT2D eigenvalue weighted by Gasteiger charge is 2.22. The summed E-state index contributed by atoms with van der Waals surface area (Å²) in [5.41, 5.74) is 2.31. The number of fused-ring (bicyclic) bond motifs is 1. The maximum Gasteiger partial charge on any atom is 0.208 e. The molecule has 1 aromatic carbocycles. The van der Waals surface area contributed by atoms with Crippen molar-refractivity contribution in [3.63, 3.8) is 0 Å². The predicted molar refractivity (Wildman–Crippen MR) is 70.2 cm³/mol. The lowest BCUT2D eigenvalue weighted by Crippen LogP contribution is -2.18. The smallest absolute Gasteiger partial charge is 0.208 e. The van der Waals surface area contributed by atoms with Crippen LogP contribution in [0.3, 0.4) is 0 Å². The Bertz CT molecular complexity index is 579. The van der Waals surface area contributed by atoms with Crippen LogP contribution in [0.1, 0.15) is 42.2 Å². The van der Waals surface area contributed by atoms with Gasteiger partial charge in [-0.05, 0) is 36.1 Å². The Labute approximate surface area is 111 Å². The summed E-state index contributed by atoms with van der Waals surface area (Å²) in [6.45, 7) is 2.65. The van der Waals surface area contributed by atoms with Crippen LogP contribution in [0.2, 0.25) is 0 Å². The molecule has 2 aromatic rings. The van der Waals surface area contributed by atoms with E-state index in [1.54, 1.807) is 12.3 Å². The van der Waals surface area contributed by atoms with Gasteiger partial charge in [0.25, 0.3) is 0 Å². The van der Waals surface area contributed by atoms with Crippen molar-refractivity contribution in [1.82, 2.24) is 10.3 Å². The fraction of sp³-hybridized carbons (Fsp3) is 0.400. The third kappa shape index (κ3) is 2.54. The Balaban J connectivity index is 1.66. The average molecular weight is 260 g/mol. The minimum absolute atomic E-state index is 0.153. The van der Waals surface area contributed by atoms with Crippen LogP contribution >= 0.6 is 0 Å². The maximum absolute atomic E-state index is 13.1. The molecule has 0 spiro atoms. The molecule has 0 radical (unpaired) electrons. The molecule has 100 valence electrons. The minimum atomic E-state index is -0.153. The lowest BCUT2D eigenvalue weighted by molar-refractivity contribution is 0.416. The third-order valence-corrected chi connectivity index (χ3v) is 3.63. The van der Waals surface area contributed by atoms with E-state index >= 15 is 0 Å². The number of oxazole rings is 1. The highest BCUT2D eigenvalue weighted by Crippen LogP contribution is 2.31. The molecule has 1 heterocycles. The Kier molecular flexibility index (Phi) is 3.34. The van der Waals surface area contributed by atoms with Gasteiger partial charge >= 0.3 is 0 Å². The van der Waals surface area contributed by atoms with Gasteiger partial charge in [-0.2, -0.15) is 0 Å². The van der Waals surface area contributed by atoms with Gasteiger partial charge < -0.3 is 9.73 Å². The van der Waals surface area contributed by atoms with Crippen molar-refractivity contribution in [2.75, 3.05) is 0 Å². The van der Waals surface area contributed by atoms with E-state index in [9.17, 15) is 4.39 Å². The summed E-state index contributed by atoms with van der Waals surface area (Å²) < 4.78 is 18.7. The number of nitrogens with one attached hydrogen (secondary N) is 1. The van der Waals surface area contributed by atoms with Crippen molar-refractivity contribution in [3.8, 4) is 0 Å². The fourth-order valence-corrected chi connectivity index (χ4v) is 2.60. The number of hydrogen-bond donors (Lipinski definition) is 1. The zero-order valence-corrected chi connectivity index (χ0v) is 10.9. The Hall–Kier alpha value is -1.68. The van der Waals surface area contributed by atoms with Crippen molar-refractivity contribution in [2.24, 2.45) is 0 Å². The number of rotatable bonds is 4. The molecular formula is C15H17FN2O. The van der Waals surface area contributed by atoms with Gasteiger partial charge in [-0.15, -0.1) is 0 Å². The molecule has 1 atom stereocenters. The summed E-state index contributed by atoms with van der Waals surface area (Å²) in [7, 11) is 0. The summed E-state index contributed by atoms with van der Waals surface area (Å²) >= 11 is 0. The van der Waals surface area contributed by atoms with Crippen LogP contribution in [0.4, 0.5) is 4.39 Å². The lowest BCUT2D eigenvalue weighted by Gasteiger charge is -2.12. The molecule has 19 heavy (non-hydrogen) atoms. The predicted octanol–water partition coefficient (Wildman–Crippen LogP) is 3.15. The SMILES string of the molecule is CCc1cnc(CNC2CCc3cc(F)ccc32)o1. The molecule has 4 heteroatoms. The molecule has 0 saturated carbocycles. The van der Waals surface area contributed by atoms with Crippen LogP contribution in [0.15, 0.2) is 28.8 Å². The van der Waals surface area contributed by atoms with E-state index in [4.69, 9.17) is 4.42 Å². The van der Waals surface area contributed by atoms with Gasteiger partial charge in [0, 0.05) is 12.5 Å². The van der Waals surface area contributed by atoms with Gasteiger partial charge in [-0.1, -0.05) is 13.0 Å². The summed E-state index contributed by atoms with van der Waals surface area (Å²) in [4.78, 5) is 4.23. The van der Waals surface area contributed by atoms with E-state index in [1.807, 2.05) is 13.0 Å². The number of hydrogen-bond acceptors (Lipinski definition) is 3. The molecule has 1 aliphatic rings. The van der Waals surface area contributed by atoms with Crippen molar-refractivity contribution in [3.05, 3.63) is 53.0 Å². The summed E-state index contributed by atoms with van der Waals surface area (Å²) in [6.07, 6.45) is 4.56. The third-order valence-electron chi connectivity index (χ3n) is 3.63. The molecular weight excluding hydrogens is 243 g/mol. The molecule has 0 saturated heterocycles. The normalized spacial score (nSPS) is 17.7. The van der Waals surface area contributed by atoms with Gasteiger partial charge in [0.05, 0.1) is 12.7 Å². The van der Waals surface area contributed by atoms with Gasteiger partial charge in [-0.3, -0.25) is 0 Å². The van der Waals surface area contributed by atoms with Crippen LogP contribution in [-0.2, 0) is 19.4 Å². The Morgan fingerprint density at radius 2 is 2.37 bits per heavy atom. The van der Waals surface area contributed by atoms with Crippen molar-refractivity contribution < 1.29 is 8.81 Å². The quantitative estimate of drug-likeness (QED) is 0.917. The van der Waals surface area contributed by atoms with Crippen LogP contribution in [-0.4, -0.2) is 4.98 Å². The van der Waals surface area contributed by atoms with Crippen molar-refractivity contribution in [1.29, 1.82) is 0 Å². The first-order valence-electron chi connectivity index (χ1n) is 6.71. The second kappa shape index (κ2) is 5.13. The standard InChI is InChI=1S/C15H17FN2O/c1-2-12-8-18-15(19-12)9-17-14-6-3-10-7-11(16)4-5-13(10)14/h4-5,7-8,14,17H,2-3,6,9H2,1H3. The number of aryl methyl sites for hydroxylation is 2. The summed E-state index contributed by atoms with van der Waals surface area (Å²) in [5, 5.41) is 3.43. The van der Waals surface area contributed by atoms with Crippen LogP contribution in [0, 0.1) is 5.82 Å². The van der Waals surface area contributed by atoms with Gasteiger partial charge in [-0.25, -0.2) is 9.37 Å². The molecule has 3 rings (SSSR count). The molecule has 3 nitrogen and oxygen atoms in total. The van der Waals surface area contributed by atoms with Crippen LogP contribution in [0.5, 0.6) is 0 Å². The minimum Gasteiger partial charge on any atom is -0.444 e. The topological polar surface area (TPSA) is 38.1 Å². The summed E-state index contributed by atoms with van der Waals surface area (Å²) in [6, 6.07) is 5.31. The van der Waals surface area contributed by atoms with E-state index in [1.165, 1.54) is 11.6 Å². The molecule has 0 aliphatic heterocycles. The van der Waals surface area contributed by atoms with E-state index < -0.39 is 0 Å². The highest BCUT2D eigenvalue weighted by molar-refractivity contribution is 5.34. The van der Waals surface area contributed by atoms with Crippen LogP contribution in [0.25, 0.3) is 0 Å². The summed E-state index contributed by atoms with van der Waals surface area (Å²) in [5.74, 6) is 1.47. The number of halogens is 1. The number of aromatic nitrogens is 1. The second-order valence-corrected chi connectivity index (χ2v) is 4.89. The number of nitrogens with zero attached hydrogens (tertiary/aromatic N) is 1. The maximum atomic E-state index is 13.1. The van der Waals surface area contributed by atoms with Crippen molar-refractivity contribution in [2.45, 2.75) is 38.8 Å². The Morgan fingerprint density at radius 3 is 3.16 bits per heavy atom. The molecule has 1 unspecified atom stereocenters. The Morgan fingerprint density at radius 1 is 1.47 bits per heavy atom. The van der Waals surface area contributed by atoms with E-state index in [2.05, 4.69) is 10.3 Å². The lowest BCUT2D eigenvalue weighted by atomic mass is 10.1. The monoisotopic (exact) mass is 260 g/mol. The van der Waals surface area contributed by atoms with Gasteiger partial charge in [0.2, 0.25) is 5.89 Å².